The topological polar surface area (TPSA) is 71.0 Å². The summed E-state index contributed by atoms with van der Waals surface area (Å²) in [5.74, 6) is 1.25. The average molecular weight is 420 g/mol. The number of likely N-dealkylation sites (tertiary alicyclic amines) is 1. The highest BCUT2D eigenvalue weighted by Gasteiger charge is 2.31. The molecule has 0 aliphatic carbocycles. The lowest BCUT2D eigenvalue weighted by molar-refractivity contribution is -0.132. The Hall–Kier alpha value is -3.35. The van der Waals surface area contributed by atoms with Gasteiger partial charge in [-0.25, -0.2) is 14.4 Å². The fraction of sp³-hybridized carbons (Fsp3) is 0.333. The van der Waals surface area contributed by atoms with E-state index >= 15 is 0 Å². The monoisotopic (exact) mass is 419 g/mol. The number of hydrogen-bond acceptors (Lipinski definition) is 5. The summed E-state index contributed by atoms with van der Waals surface area (Å²) in [4.78, 5) is 28.2. The highest BCUT2D eigenvalue weighted by atomic mass is 19.1. The molecule has 0 spiro atoms. The molecular formula is C24H26FN5O. The highest BCUT2D eigenvalue weighted by molar-refractivity contribution is 5.77. The molecule has 0 radical (unpaired) electrons. The first kappa shape index (κ1) is 20.9. The summed E-state index contributed by atoms with van der Waals surface area (Å²) in [7, 11) is 0. The molecule has 1 aliphatic rings. The van der Waals surface area contributed by atoms with Crippen molar-refractivity contribution in [3.05, 3.63) is 77.6 Å². The van der Waals surface area contributed by atoms with Gasteiger partial charge in [0.05, 0.1) is 24.1 Å². The van der Waals surface area contributed by atoms with Crippen molar-refractivity contribution in [3.63, 3.8) is 0 Å². The summed E-state index contributed by atoms with van der Waals surface area (Å²) in [6, 6.07) is 10.3. The van der Waals surface area contributed by atoms with Gasteiger partial charge in [-0.1, -0.05) is 18.2 Å². The van der Waals surface area contributed by atoms with Crippen molar-refractivity contribution in [2.45, 2.75) is 45.1 Å². The fourth-order valence-corrected chi connectivity index (χ4v) is 3.95. The van der Waals surface area contributed by atoms with Gasteiger partial charge in [0, 0.05) is 19.2 Å². The molecule has 1 aliphatic heterocycles. The minimum absolute atomic E-state index is 0.0580. The molecule has 0 bridgehead atoms. The number of nitrogens with one attached hydrogen (secondary N) is 1. The molecule has 1 amide bonds. The van der Waals surface area contributed by atoms with Gasteiger partial charge >= 0.3 is 0 Å². The molecule has 160 valence electrons. The zero-order valence-electron chi connectivity index (χ0n) is 17.6. The van der Waals surface area contributed by atoms with Crippen molar-refractivity contribution in [3.8, 4) is 0 Å². The number of anilines is 2. The number of aromatic nitrogens is 3. The predicted octanol–water partition coefficient (Wildman–Crippen LogP) is 4.75. The van der Waals surface area contributed by atoms with Gasteiger partial charge in [-0.3, -0.25) is 9.78 Å². The molecule has 6 nitrogen and oxygen atoms in total. The van der Waals surface area contributed by atoms with E-state index in [9.17, 15) is 9.18 Å². The van der Waals surface area contributed by atoms with Gasteiger partial charge < -0.3 is 10.2 Å². The Labute approximate surface area is 181 Å². The number of carbonyl (C=O) groups is 1. The summed E-state index contributed by atoms with van der Waals surface area (Å²) in [6.45, 7) is 2.72. The average Bonchev–Trinajstić information content (AvgIpc) is 3.27. The third-order valence-corrected chi connectivity index (χ3v) is 5.59. The molecular weight excluding hydrogens is 393 g/mol. The smallest absolute Gasteiger partial charge is 0.223 e. The van der Waals surface area contributed by atoms with Crippen LogP contribution in [-0.2, 0) is 11.2 Å². The van der Waals surface area contributed by atoms with Crippen LogP contribution in [0.25, 0.3) is 0 Å². The van der Waals surface area contributed by atoms with Crippen LogP contribution < -0.4 is 5.32 Å². The Morgan fingerprint density at radius 3 is 2.87 bits per heavy atom. The standard InChI is InChI=1S/C24H26FN5O/c1-17-5-3-13-27-24(17)29-22-16-26-15-20(28-22)21-7-4-14-30(21)23(31)8-2-6-18-9-11-19(25)12-10-18/h3,5,9-13,15-16,21H,2,4,6-8,14H2,1H3,(H,27,28,29)/t21-/m1/s1. The van der Waals surface area contributed by atoms with Gasteiger partial charge in [-0.15, -0.1) is 0 Å². The van der Waals surface area contributed by atoms with Crippen molar-refractivity contribution in [2.24, 2.45) is 0 Å². The maximum Gasteiger partial charge on any atom is 0.223 e. The lowest BCUT2D eigenvalue weighted by Gasteiger charge is -2.24. The molecule has 4 rings (SSSR count). The van der Waals surface area contributed by atoms with Gasteiger partial charge in [0.25, 0.3) is 0 Å². The van der Waals surface area contributed by atoms with Crippen LogP contribution in [0.15, 0.2) is 55.0 Å². The maximum absolute atomic E-state index is 13.0. The summed E-state index contributed by atoms with van der Waals surface area (Å²) in [6.07, 6.45) is 8.93. The summed E-state index contributed by atoms with van der Waals surface area (Å²) in [5, 5.41) is 3.22. The maximum atomic E-state index is 13.0. The van der Waals surface area contributed by atoms with Crippen LogP contribution in [0.1, 0.15) is 48.5 Å². The van der Waals surface area contributed by atoms with Crippen LogP contribution >= 0.6 is 0 Å². The first-order chi connectivity index (χ1) is 15.1. The fourth-order valence-electron chi connectivity index (χ4n) is 3.95. The van der Waals surface area contributed by atoms with Crippen LogP contribution in [0.5, 0.6) is 0 Å². The summed E-state index contributed by atoms with van der Waals surface area (Å²) in [5.41, 5.74) is 2.86. The quantitative estimate of drug-likeness (QED) is 0.598. The zero-order valence-corrected chi connectivity index (χ0v) is 17.6. The van der Waals surface area contributed by atoms with E-state index in [1.165, 1.54) is 12.1 Å². The van der Waals surface area contributed by atoms with Crippen molar-refractivity contribution in [1.82, 2.24) is 19.9 Å². The zero-order chi connectivity index (χ0) is 21.6. The van der Waals surface area contributed by atoms with Crippen molar-refractivity contribution < 1.29 is 9.18 Å². The third-order valence-electron chi connectivity index (χ3n) is 5.59. The molecule has 0 unspecified atom stereocenters. The number of amides is 1. The van der Waals surface area contributed by atoms with Crippen LogP contribution in [-0.4, -0.2) is 32.3 Å². The lowest BCUT2D eigenvalue weighted by Crippen LogP contribution is -2.31. The Morgan fingerprint density at radius 1 is 1.23 bits per heavy atom. The van der Waals surface area contributed by atoms with E-state index < -0.39 is 0 Å². The Morgan fingerprint density at radius 2 is 2.06 bits per heavy atom. The minimum atomic E-state index is -0.240. The van der Waals surface area contributed by atoms with Gasteiger partial charge in [0.15, 0.2) is 0 Å². The second-order valence-electron chi connectivity index (χ2n) is 7.85. The van der Waals surface area contributed by atoms with Crippen LogP contribution in [0.2, 0.25) is 0 Å². The van der Waals surface area contributed by atoms with E-state index in [2.05, 4.69) is 15.3 Å². The number of rotatable bonds is 7. The molecule has 7 heteroatoms. The minimum Gasteiger partial charge on any atom is -0.334 e. The van der Waals surface area contributed by atoms with Gasteiger partial charge in [0.1, 0.15) is 17.5 Å². The first-order valence-corrected chi connectivity index (χ1v) is 10.6. The Bertz CT molecular complexity index is 1040. The first-order valence-electron chi connectivity index (χ1n) is 10.6. The molecule has 2 aromatic heterocycles. The Balaban J connectivity index is 1.39. The highest BCUT2D eigenvalue weighted by Crippen LogP contribution is 2.32. The number of carbonyl (C=O) groups excluding carboxylic acids is 1. The van der Waals surface area contributed by atoms with Gasteiger partial charge in [-0.2, -0.15) is 0 Å². The largest absolute Gasteiger partial charge is 0.334 e. The molecule has 1 saturated heterocycles. The van der Waals surface area contributed by atoms with E-state index in [1.807, 2.05) is 24.0 Å². The van der Waals surface area contributed by atoms with Crippen molar-refractivity contribution in [1.29, 1.82) is 0 Å². The molecule has 1 fully saturated rings. The molecule has 1 N–H and O–H groups in total. The molecule has 1 atom stereocenters. The van der Waals surface area contributed by atoms with Crippen molar-refractivity contribution in [2.75, 3.05) is 11.9 Å². The SMILES string of the molecule is Cc1cccnc1Nc1cncc([C@H]2CCCN2C(=O)CCCc2ccc(F)cc2)n1. The van der Waals surface area contributed by atoms with Crippen LogP contribution in [0, 0.1) is 12.7 Å². The molecule has 1 aromatic carbocycles. The van der Waals surface area contributed by atoms with Crippen molar-refractivity contribution >= 4 is 17.5 Å². The lowest BCUT2D eigenvalue weighted by atomic mass is 10.1. The van der Waals surface area contributed by atoms with E-state index in [1.54, 1.807) is 30.7 Å². The molecule has 3 heterocycles. The third kappa shape index (κ3) is 5.23. The van der Waals surface area contributed by atoms with Gasteiger partial charge in [0.2, 0.25) is 5.91 Å². The molecule has 3 aromatic rings. The summed E-state index contributed by atoms with van der Waals surface area (Å²) >= 11 is 0. The summed E-state index contributed by atoms with van der Waals surface area (Å²) < 4.78 is 13.0. The van der Waals surface area contributed by atoms with Crippen LogP contribution in [0.4, 0.5) is 16.0 Å². The number of benzene rings is 1. The number of pyridine rings is 1. The normalized spacial score (nSPS) is 15.8. The molecule has 0 saturated carbocycles. The Kier molecular flexibility index (Phi) is 6.50. The van der Waals surface area contributed by atoms with E-state index in [-0.39, 0.29) is 17.8 Å². The number of aryl methyl sites for hydroxylation is 2. The van der Waals surface area contributed by atoms with E-state index in [4.69, 9.17) is 4.98 Å². The predicted molar refractivity (Wildman–Crippen MR) is 117 cm³/mol. The number of nitrogens with zero attached hydrogens (tertiary/aromatic N) is 4. The van der Waals surface area contributed by atoms with E-state index in [0.29, 0.717) is 12.2 Å². The van der Waals surface area contributed by atoms with Crippen LogP contribution in [0.3, 0.4) is 0 Å². The van der Waals surface area contributed by atoms with Gasteiger partial charge in [-0.05, 0) is 61.9 Å². The second kappa shape index (κ2) is 9.64. The number of halogens is 1. The molecule has 31 heavy (non-hydrogen) atoms. The second-order valence-corrected chi connectivity index (χ2v) is 7.85. The number of hydrogen-bond donors (Lipinski definition) is 1. The van der Waals surface area contributed by atoms with E-state index in [0.717, 1.165) is 54.9 Å².